The summed E-state index contributed by atoms with van der Waals surface area (Å²) in [7, 11) is 0. The first-order chi connectivity index (χ1) is 7.43. The summed E-state index contributed by atoms with van der Waals surface area (Å²) in [6.45, 7) is 1.30. The number of pyridine rings is 1. The van der Waals surface area contributed by atoms with Gasteiger partial charge in [-0.05, 0) is 11.5 Å². The average Bonchev–Trinajstić information content (AvgIpc) is 2.82. The molecule has 1 saturated heterocycles. The standard InChI is InChI=1S/C12H11NO2/c1-2-4-10-8-13-11(7-9(10)3-1)12-14-5-6-15-12/h1-4,7-8,12H,5-6H2. The molecule has 0 saturated carbocycles. The molecule has 1 aromatic heterocycles. The Labute approximate surface area is 87.6 Å². The predicted molar refractivity (Wildman–Crippen MR) is 56.4 cm³/mol. The lowest BCUT2D eigenvalue weighted by atomic mass is 10.1. The Morgan fingerprint density at radius 2 is 1.80 bits per heavy atom. The van der Waals surface area contributed by atoms with Crippen molar-refractivity contribution in [1.29, 1.82) is 0 Å². The van der Waals surface area contributed by atoms with Crippen LogP contribution in [0.2, 0.25) is 0 Å². The Morgan fingerprint density at radius 3 is 2.60 bits per heavy atom. The van der Waals surface area contributed by atoms with Crippen molar-refractivity contribution in [3.8, 4) is 0 Å². The van der Waals surface area contributed by atoms with E-state index >= 15 is 0 Å². The van der Waals surface area contributed by atoms with Crippen LogP contribution < -0.4 is 0 Å². The Bertz CT molecular complexity index is 478. The smallest absolute Gasteiger partial charge is 0.201 e. The SMILES string of the molecule is c1ccc2cc(C3OCCO3)ncc2c1. The van der Waals surface area contributed by atoms with Crippen LogP contribution in [0.5, 0.6) is 0 Å². The molecule has 0 spiro atoms. The first kappa shape index (κ1) is 8.83. The van der Waals surface area contributed by atoms with Crippen LogP contribution in [-0.4, -0.2) is 18.2 Å². The number of hydrogen-bond acceptors (Lipinski definition) is 3. The van der Waals surface area contributed by atoms with Gasteiger partial charge in [0.1, 0.15) is 0 Å². The molecule has 15 heavy (non-hydrogen) atoms. The zero-order valence-corrected chi connectivity index (χ0v) is 8.22. The third-order valence-corrected chi connectivity index (χ3v) is 2.52. The van der Waals surface area contributed by atoms with Crippen molar-refractivity contribution >= 4 is 10.8 Å². The van der Waals surface area contributed by atoms with Crippen LogP contribution in [0.1, 0.15) is 12.0 Å². The van der Waals surface area contributed by atoms with E-state index in [0.29, 0.717) is 13.2 Å². The van der Waals surface area contributed by atoms with Crippen LogP contribution in [0.25, 0.3) is 10.8 Å². The van der Waals surface area contributed by atoms with Crippen molar-refractivity contribution in [2.45, 2.75) is 6.29 Å². The van der Waals surface area contributed by atoms with Gasteiger partial charge in [0.15, 0.2) is 0 Å². The molecule has 1 aromatic carbocycles. The fraction of sp³-hybridized carbons (Fsp3) is 0.250. The maximum absolute atomic E-state index is 5.40. The molecular weight excluding hydrogens is 190 g/mol. The van der Waals surface area contributed by atoms with Crippen molar-refractivity contribution in [2.24, 2.45) is 0 Å². The number of nitrogens with zero attached hydrogens (tertiary/aromatic N) is 1. The summed E-state index contributed by atoms with van der Waals surface area (Å²) >= 11 is 0. The maximum Gasteiger partial charge on any atom is 0.201 e. The van der Waals surface area contributed by atoms with E-state index in [1.165, 1.54) is 5.39 Å². The predicted octanol–water partition coefficient (Wildman–Crippen LogP) is 2.28. The molecule has 0 amide bonds. The van der Waals surface area contributed by atoms with Crippen molar-refractivity contribution in [2.75, 3.05) is 13.2 Å². The number of rotatable bonds is 1. The van der Waals surface area contributed by atoms with E-state index in [9.17, 15) is 0 Å². The molecule has 1 fully saturated rings. The molecule has 1 aliphatic heterocycles. The van der Waals surface area contributed by atoms with E-state index < -0.39 is 0 Å². The normalized spacial score (nSPS) is 17.3. The van der Waals surface area contributed by atoms with E-state index in [4.69, 9.17) is 9.47 Å². The molecule has 0 N–H and O–H groups in total. The lowest BCUT2D eigenvalue weighted by molar-refractivity contribution is -0.0471. The Kier molecular flexibility index (Phi) is 2.12. The fourth-order valence-corrected chi connectivity index (χ4v) is 1.76. The van der Waals surface area contributed by atoms with Crippen molar-refractivity contribution in [3.63, 3.8) is 0 Å². The molecule has 1 aliphatic rings. The minimum absolute atomic E-state index is 0.283. The summed E-state index contributed by atoms with van der Waals surface area (Å²) in [5.41, 5.74) is 0.853. The zero-order chi connectivity index (χ0) is 10.1. The van der Waals surface area contributed by atoms with Gasteiger partial charge in [-0.25, -0.2) is 0 Å². The second-order valence-corrected chi connectivity index (χ2v) is 3.53. The summed E-state index contributed by atoms with van der Waals surface area (Å²) in [6, 6.07) is 10.2. The van der Waals surface area contributed by atoms with Gasteiger partial charge in [-0.3, -0.25) is 4.98 Å². The molecule has 0 radical (unpaired) electrons. The number of benzene rings is 1. The van der Waals surface area contributed by atoms with E-state index in [0.717, 1.165) is 11.1 Å². The van der Waals surface area contributed by atoms with Crippen molar-refractivity contribution in [1.82, 2.24) is 4.98 Å². The van der Waals surface area contributed by atoms with Gasteiger partial charge in [0.05, 0.1) is 18.9 Å². The van der Waals surface area contributed by atoms with E-state index in [1.54, 1.807) is 0 Å². The van der Waals surface area contributed by atoms with E-state index in [1.807, 2.05) is 30.5 Å². The van der Waals surface area contributed by atoms with Gasteiger partial charge >= 0.3 is 0 Å². The lowest BCUT2D eigenvalue weighted by Gasteiger charge is -2.08. The minimum Gasteiger partial charge on any atom is -0.345 e. The quantitative estimate of drug-likeness (QED) is 0.709. The molecule has 0 unspecified atom stereocenters. The molecule has 0 aliphatic carbocycles. The topological polar surface area (TPSA) is 31.4 Å². The number of ether oxygens (including phenoxy) is 2. The van der Waals surface area contributed by atoms with Gasteiger partial charge in [0.2, 0.25) is 6.29 Å². The minimum atomic E-state index is -0.283. The zero-order valence-electron chi connectivity index (χ0n) is 8.22. The highest BCUT2D eigenvalue weighted by Gasteiger charge is 2.19. The molecule has 0 atom stereocenters. The summed E-state index contributed by atoms with van der Waals surface area (Å²) in [5.74, 6) is 0. The van der Waals surface area contributed by atoms with Crippen LogP contribution in [0.3, 0.4) is 0 Å². The van der Waals surface area contributed by atoms with Gasteiger partial charge in [-0.1, -0.05) is 24.3 Å². The molecule has 0 bridgehead atoms. The van der Waals surface area contributed by atoms with Crippen LogP contribution in [-0.2, 0) is 9.47 Å². The van der Waals surface area contributed by atoms with Crippen molar-refractivity contribution in [3.05, 3.63) is 42.2 Å². The molecule has 76 valence electrons. The first-order valence-electron chi connectivity index (χ1n) is 5.01. The highest BCUT2D eigenvalue weighted by Crippen LogP contribution is 2.24. The average molecular weight is 201 g/mol. The second kappa shape index (κ2) is 3.61. The number of aromatic nitrogens is 1. The Balaban J connectivity index is 2.05. The maximum atomic E-state index is 5.40. The number of hydrogen-bond donors (Lipinski definition) is 0. The molecule has 3 rings (SSSR count). The van der Waals surface area contributed by atoms with Crippen LogP contribution >= 0.6 is 0 Å². The van der Waals surface area contributed by atoms with Crippen molar-refractivity contribution < 1.29 is 9.47 Å². The van der Waals surface area contributed by atoms with Crippen LogP contribution in [0.4, 0.5) is 0 Å². The largest absolute Gasteiger partial charge is 0.345 e. The van der Waals surface area contributed by atoms with Gasteiger partial charge in [0, 0.05) is 11.6 Å². The van der Waals surface area contributed by atoms with E-state index in [2.05, 4.69) is 11.1 Å². The van der Waals surface area contributed by atoms with Gasteiger partial charge in [0.25, 0.3) is 0 Å². The summed E-state index contributed by atoms with van der Waals surface area (Å²) in [5, 5.41) is 2.31. The highest BCUT2D eigenvalue weighted by atomic mass is 16.7. The highest BCUT2D eigenvalue weighted by molar-refractivity contribution is 5.81. The van der Waals surface area contributed by atoms with Gasteiger partial charge in [-0.2, -0.15) is 0 Å². The molecule has 2 heterocycles. The van der Waals surface area contributed by atoms with Crippen LogP contribution in [0, 0.1) is 0 Å². The van der Waals surface area contributed by atoms with Gasteiger partial charge < -0.3 is 9.47 Å². The molecule has 3 heteroatoms. The van der Waals surface area contributed by atoms with E-state index in [-0.39, 0.29) is 6.29 Å². The van der Waals surface area contributed by atoms with Crippen LogP contribution in [0.15, 0.2) is 36.5 Å². The third kappa shape index (κ3) is 1.60. The Hall–Kier alpha value is -1.45. The third-order valence-electron chi connectivity index (χ3n) is 2.52. The Morgan fingerprint density at radius 1 is 1.07 bits per heavy atom. The fourth-order valence-electron chi connectivity index (χ4n) is 1.76. The summed E-state index contributed by atoms with van der Waals surface area (Å²) in [4.78, 5) is 4.34. The van der Waals surface area contributed by atoms with Gasteiger partial charge in [-0.15, -0.1) is 0 Å². The summed E-state index contributed by atoms with van der Waals surface area (Å²) < 4.78 is 10.8. The summed E-state index contributed by atoms with van der Waals surface area (Å²) in [6.07, 6.45) is 1.57. The molecule has 3 nitrogen and oxygen atoms in total. The number of fused-ring (bicyclic) bond motifs is 1. The second-order valence-electron chi connectivity index (χ2n) is 3.53. The monoisotopic (exact) mass is 201 g/mol. The first-order valence-corrected chi connectivity index (χ1v) is 5.01. The lowest BCUT2D eigenvalue weighted by Crippen LogP contribution is -2.00. The molecular formula is C12H11NO2. The molecule has 2 aromatic rings.